The molecule has 0 saturated carbocycles. The molecule has 0 aliphatic heterocycles. The van der Waals surface area contributed by atoms with Crippen molar-refractivity contribution in [1.29, 1.82) is 0 Å². The number of carboxylic acids is 1. The summed E-state index contributed by atoms with van der Waals surface area (Å²) in [5.74, 6) is -0.737. The number of rotatable bonds is 5. The van der Waals surface area contributed by atoms with Crippen molar-refractivity contribution in [1.82, 2.24) is 4.90 Å². The van der Waals surface area contributed by atoms with Gasteiger partial charge in [0.05, 0.1) is 0 Å². The molecule has 0 radical (unpaired) electrons. The molecule has 0 saturated heterocycles. The van der Waals surface area contributed by atoms with Gasteiger partial charge in [0, 0.05) is 19.2 Å². The van der Waals surface area contributed by atoms with E-state index in [1.54, 1.807) is 20.8 Å². The summed E-state index contributed by atoms with van der Waals surface area (Å²) in [4.78, 5) is 23.8. The summed E-state index contributed by atoms with van der Waals surface area (Å²) in [7, 11) is 0. The van der Waals surface area contributed by atoms with Gasteiger partial charge in [-0.25, -0.2) is 9.59 Å². The fourth-order valence-corrected chi connectivity index (χ4v) is 1.27. The maximum Gasteiger partial charge on any atom is 0.410 e. The van der Waals surface area contributed by atoms with E-state index in [1.165, 1.54) is 11.0 Å². The molecule has 0 aliphatic rings. The van der Waals surface area contributed by atoms with E-state index < -0.39 is 17.7 Å². The van der Waals surface area contributed by atoms with Gasteiger partial charge >= 0.3 is 12.1 Å². The molecule has 0 aromatic heterocycles. The second-order valence-corrected chi connectivity index (χ2v) is 5.52. The normalized spacial score (nSPS) is 11.9. The molecule has 5 nitrogen and oxygen atoms in total. The molecule has 5 heteroatoms. The maximum absolute atomic E-state index is 11.9. The summed E-state index contributed by atoms with van der Waals surface area (Å²) in [6.07, 6.45) is 2.04. The van der Waals surface area contributed by atoms with E-state index in [1.807, 2.05) is 13.8 Å². The predicted octanol–water partition coefficient (Wildman–Crippen LogP) is 2.52. The number of ether oxygens (including phenoxy) is 1. The van der Waals surface area contributed by atoms with Crippen LogP contribution in [0.3, 0.4) is 0 Å². The number of nitrogens with zero attached hydrogens (tertiary/aromatic N) is 1. The van der Waals surface area contributed by atoms with Crippen molar-refractivity contribution in [3.05, 3.63) is 12.2 Å². The molecule has 0 bridgehead atoms. The smallest absolute Gasteiger partial charge is 0.410 e. The highest BCUT2D eigenvalue weighted by Crippen LogP contribution is 2.11. The van der Waals surface area contributed by atoms with E-state index in [2.05, 4.69) is 0 Å². The molecule has 0 heterocycles. The monoisotopic (exact) mass is 257 g/mol. The highest BCUT2D eigenvalue weighted by Gasteiger charge is 2.21. The topological polar surface area (TPSA) is 66.8 Å². The first-order valence-electron chi connectivity index (χ1n) is 5.99. The van der Waals surface area contributed by atoms with E-state index in [-0.39, 0.29) is 12.5 Å². The van der Waals surface area contributed by atoms with Crippen LogP contribution in [0.2, 0.25) is 0 Å². The fourth-order valence-electron chi connectivity index (χ4n) is 1.27. The van der Waals surface area contributed by atoms with Gasteiger partial charge in [0.15, 0.2) is 0 Å². The summed E-state index contributed by atoms with van der Waals surface area (Å²) >= 11 is 0. The van der Waals surface area contributed by atoms with Crippen molar-refractivity contribution in [2.75, 3.05) is 13.1 Å². The van der Waals surface area contributed by atoms with Gasteiger partial charge in [0.1, 0.15) is 5.60 Å². The van der Waals surface area contributed by atoms with Crippen molar-refractivity contribution in [2.45, 2.75) is 40.2 Å². The van der Waals surface area contributed by atoms with E-state index in [4.69, 9.17) is 9.84 Å². The lowest BCUT2D eigenvalue weighted by Gasteiger charge is -2.27. The average Bonchev–Trinajstić information content (AvgIpc) is 2.12. The molecule has 1 N–H and O–H groups in total. The molecule has 1 amide bonds. The molecule has 0 aliphatic carbocycles. The van der Waals surface area contributed by atoms with Crippen LogP contribution in [0.15, 0.2) is 12.2 Å². The molecular weight excluding hydrogens is 234 g/mol. The Kier molecular flexibility index (Phi) is 6.44. The Hall–Kier alpha value is -1.52. The SMILES string of the molecule is CC(C)CN(C/C=C/C(=O)O)C(=O)OC(C)(C)C. The largest absolute Gasteiger partial charge is 0.478 e. The number of amides is 1. The minimum absolute atomic E-state index is 0.236. The van der Waals surface area contributed by atoms with Crippen molar-refractivity contribution in [3.8, 4) is 0 Å². The second kappa shape index (κ2) is 7.03. The summed E-state index contributed by atoms with van der Waals surface area (Å²) < 4.78 is 5.26. The molecule has 0 aromatic carbocycles. The zero-order valence-corrected chi connectivity index (χ0v) is 11.8. The number of hydrogen-bond acceptors (Lipinski definition) is 3. The van der Waals surface area contributed by atoms with E-state index >= 15 is 0 Å². The highest BCUT2D eigenvalue weighted by atomic mass is 16.6. The molecule has 0 aromatic rings. The first-order chi connectivity index (χ1) is 8.11. The van der Waals surface area contributed by atoms with Crippen LogP contribution in [-0.2, 0) is 9.53 Å². The molecular formula is C13H23NO4. The summed E-state index contributed by atoms with van der Waals surface area (Å²) in [5.41, 5.74) is -0.553. The Morgan fingerprint density at radius 1 is 1.33 bits per heavy atom. The zero-order valence-electron chi connectivity index (χ0n) is 11.8. The van der Waals surface area contributed by atoms with Gasteiger partial charge in [-0.3, -0.25) is 0 Å². The molecule has 0 fully saturated rings. The number of hydrogen-bond donors (Lipinski definition) is 1. The Bertz CT molecular complexity index is 315. The number of carbonyl (C=O) groups excluding carboxylic acids is 1. The maximum atomic E-state index is 11.9. The first kappa shape index (κ1) is 16.5. The Morgan fingerprint density at radius 3 is 2.28 bits per heavy atom. The van der Waals surface area contributed by atoms with Gasteiger partial charge in [-0.2, -0.15) is 0 Å². The Balaban J connectivity index is 4.57. The van der Waals surface area contributed by atoms with Gasteiger partial charge in [0.25, 0.3) is 0 Å². The lowest BCUT2D eigenvalue weighted by atomic mass is 10.2. The Morgan fingerprint density at radius 2 is 1.89 bits per heavy atom. The molecule has 104 valence electrons. The van der Waals surface area contributed by atoms with Crippen LogP contribution in [0.25, 0.3) is 0 Å². The van der Waals surface area contributed by atoms with Crippen molar-refractivity contribution >= 4 is 12.1 Å². The lowest BCUT2D eigenvalue weighted by molar-refractivity contribution is -0.131. The molecule has 0 unspecified atom stereocenters. The van der Waals surface area contributed by atoms with Gasteiger partial charge in [-0.15, -0.1) is 0 Å². The van der Waals surface area contributed by atoms with Crippen molar-refractivity contribution in [3.63, 3.8) is 0 Å². The third kappa shape index (κ3) is 8.61. The number of carboxylic acid groups (broad SMARTS) is 1. The van der Waals surface area contributed by atoms with Gasteiger partial charge in [0.2, 0.25) is 0 Å². The van der Waals surface area contributed by atoms with Crippen LogP contribution < -0.4 is 0 Å². The lowest BCUT2D eigenvalue weighted by Crippen LogP contribution is -2.39. The van der Waals surface area contributed by atoms with Crippen LogP contribution in [0, 0.1) is 5.92 Å². The summed E-state index contributed by atoms with van der Waals surface area (Å²) in [6.45, 7) is 10.1. The minimum atomic E-state index is -1.02. The number of carbonyl (C=O) groups is 2. The third-order valence-corrected chi connectivity index (χ3v) is 1.82. The van der Waals surface area contributed by atoms with Gasteiger partial charge in [-0.1, -0.05) is 19.9 Å². The standard InChI is InChI=1S/C13H23NO4/c1-10(2)9-14(8-6-7-11(15)16)12(17)18-13(3,4)5/h6-7,10H,8-9H2,1-5H3,(H,15,16)/b7-6+. The second-order valence-electron chi connectivity index (χ2n) is 5.52. The third-order valence-electron chi connectivity index (χ3n) is 1.82. The van der Waals surface area contributed by atoms with Crippen LogP contribution in [0.1, 0.15) is 34.6 Å². The minimum Gasteiger partial charge on any atom is -0.478 e. The summed E-state index contributed by atoms with van der Waals surface area (Å²) in [5, 5.41) is 8.51. The quantitative estimate of drug-likeness (QED) is 0.768. The average molecular weight is 257 g/mol. The van der Waals surface area contributed by atoms with Gasteiger partial charge in [-0.05, 0) is 26.7 Å². The molecule has 0 atom stereocenters. The van der Waals surface area contributed by atoms with Crippen molar-refractivity contribution < 1.29 is 19.4 Å². The molecule has 0 spiro atoms. The van der Waals surface area contributed by atoms with E-state index in [0.717, 1.165) is 6.08 Å². The molecule has 0 rings (SSSR count). The highest BCUT2D eigenvalue weighted by molar-refractivity contribution is 5.79. The van der Waals surface area contributed by atoms with E-state index in [0.29, 0.717) is 6.54 Å². The van der Waals surface area contributed by atoms with Crippen LogP contribution in [0.5, 0.6) is 0 Å². The van der Waals surface area contributed by atoms with Crippen LogP contribution >= 0.6 is 0 Å². The zero-order chi connectivity index (χ0) is 14.3. The fraction of sp³-hybridized carbons (Fsp3) is 0.692. The summed E-state index contributed by atoms with van der Waals surface area (Å²) in [6, 6.07) is 0. The van der Waals surface area contributed by atoms with Crippen LogP contribution in [0.4, 0.5) is 4.79 Å². The van der Waals surface area contributed by atoms with E-state index in [9.17, 15) is 9.59 Å². The molecule has 18 heavy (non-hydrogen) atoms. The predicted molar refractivity (Wildman–Crippen MR) is 69.4 cm³/mol. The first-order valence-corrected chi connectivity index (χ1v) is 5.99. The van der Waals surface area contributed by atoms with Crippen molar-refractivity contribution in [2.24, 2.45) is 5.92 Å². The van der Waals surface area contributed by atoms with Gasteiger partial charge < -0.3 is 14.7 Å². The van der Waals surface area contributed by atoms with Crippen LogP contribution in [-0.4, -0.2) is 40.8 Å². The Labute approximate surface area is 108 Å². The number of aliphatic carboxylic acids is 1.